The van der Waals surface area contributed by atoms with Gasteiger partial charge in [0.25, 0.3) is 11.8 Å². The van der Waals surface area contributed by atoms with Crippen LogP contribution in [0.4, 0.5) is 5.69 Å². The van der Waals surface area contributed by atoms with Crippen molar-refractivity contribution in [1.82, 2.24) is 0 Å². The number of rotatable bonds is 6. The highest BCUT2D eigenvalue weighted by atomic mass is 35.5. The molecule has 8 nitrogen and oxygen atoms in total. The average Bonchev–Trinajstić information content (AvgIpc) is 3.12. The number of ether oxygens (including phenoxy) is 4. The molecule has 2 aliphatic rings. The van der Waals surface area contributed by atoms with Crippen LogP contribution in [0.3, 0.4) is 0 Å². The number of imide groups is 1. The van der Waals surface area contributed by atoms with Gasteiger partial charge in [0.05, 0.1) is 35.6 Å². The molecule has 3 aromatic carbocycles. The van der Waals surface area contributed by atoms with Crippen molar-refractivity contribution in [2.75, 3.05) is 18.3 Å². The lowest BCUT2D eigenvalue weighted by Gasteiger charge is -2.21. The van der Waals surface area contributed by atoms with E-state index in [0.717, 1.165) is 10.5 Å². The Morgan fingerprint density at radius 3 is 2.57 bits per heavy atom. The lowest BCUT2D eigenvalue weighted by atomic mass is 10.1. The zero-order chi connectivity index (χ0) is 24.5. The monoisotopic (exact) mass is 493 g/mol. The van der Waals surface area contributed by atoms with E-state index in [9.17, 15) is 14.4 Å². The Bertz CT molecular complexity index is 1340. The van der Waals surface area contributed by atoms with E-state index in [0.29, 0.717) is 41.0 Å². The van der Waals surface area contributed by atoms with E-state index in [1.54, 1.807) is 36.4 Å². The van der Waals surface area contributed by atoms with E-state index in [-0.39, 0.29) is 30.1 Å². The van der Waals surface area contributed by atoms with Gasteiger partial charge >= 0.3 is 5.97 Å². The van der Waals surface area contributed by atoms with Gasteiger partial charge in [-0.3, -0.25) is 9.59 Å². The van der Waals surface area contributed by atoms with Crippen molar-refractivity contribution < 1.29 is 33.3 Å². The number of anilines is 1. The minimum atomic E-state index is -0.645. The third-order valence-corrected chi connectivity index (χ3v) is 5.86. The highest BCUT2D eigenvalue weighted by Crippen LogP contribution is 2.33. The van der Waals surface area contributed by atoms with Gasteiger partial charge in [-0.1, -0.05) is 11.6 Å². The molecule has 0 bridgehead atoms. The summed E-state index contributed by atoms with van der Waals surface area (Å²) in [4.78, 5) is 39.8. The largest absolute Gasteiger partial charge is 0.494 e. The van der Waals surface area contributed by atoms with Crippen LogP contribution in [-0.4, -0.2) is 31.2 Å². The number of hydrogen-bond donors (Lipinski definition) is 0. The Labute approximate surface area is 205 Å². The fraction of sp³-hybridized carbons (Fsp3) is 0.192. The summed E-state index contributed by atoms with van der Waals surface area (Å²) >= 11 is 6.16. The molecule has 35 heavy (non-hydrogen) atoms. The molecule has 2 amide bonds. The van der Waals surface area contributed by atoms with Crippen molar-refractivity contribution >= 4 is 35.1 Å². The molecule has 0 unspecified atom stereocenters. The fourth-order valence-corrected chi connectivity index (χ4v) is 4.31. The molecule has 178 valence electrons. The number of amides is 2. The van der Waals surface area contributed by atoms with Crippen LogP contribution in [-0.2, 0) is 22.7 Å². The maximum absolute atomic E-state index is 13.0. The second kappa shape index (κ2) is 9.40. The van der Waals surface area contributed by atoms with Gasteiger partial charge in [0.1, 0.15) is 18.1 Å². The van der Waals surface area contributed by atoms with Gasteiger partial charge in [0, 0.05) is 16.1 Å². The molecule has 0 aromatic heterocycles. The standard InChI is InChI=1S/C26H20ClNO7/c1-2-33-20-6-4-19(5-7-20)28-24(29)21-8-3-15(11-22(21)25(28)30)26(31)34-13-17-10-18(27)9-16-12-32-14-35-23(16)17/h3-11H,2,12-14H2,1H3. The SMILES string of the molecule is CCOc1ccc(N2C(=O)c3ccc(C(=O)OCc4cc(Cl)cc5c4OCOC5)cc3C2=O)cc1. The van der Waals surface area contributed by atoms with Gasteiger partial charge in [-0.05, 0) is 61.5 Å². The smallest absolute Gasteiger partial charge is 0.338 e. The lowest BCUT2D eigenvalue weighted by Crippen LogP contribution is -2.29. The maximum atomic E-state index is 13.0. The summed E-state index contributed by atoms with van der Waals surface area (Å²) in [6.45, 7) is 2.74. The number of hydrogen-bond acceptors (Lipinski definition) is 7. The summed E-state index contributed by atoms with van der Waals surface area (Å²) in [6.07, 6.45) is 0. The maximum Gasteiger partial charge on any atom is 0.338 e. The number of fused-ring (bicyclic) bond motifs is 2. The first kappa shape index (κ1) is 22.9. The molecule has 0 N–H and O–H groups in total. The van der Waals surface area contributed by atoms with Gasteiger partial charge in [-0.25, -0.2) is 9.69 Å². The van der Waals surface area contributed by atoms with Gasteiger partial charge in [-0.15, -0.1) is 0 Å². The first-order chi connectivity index (χ1) is 17.0. The Morgan fingerprint density at radius 1 is 1.03 bits per heavy atom. The van der Waals surface area contributed by atoms with Crippen molar-refractivity contribution in [3.63, 3.8) is 0 Å². The van der Waals surface area contributed by atoms with Gasteiger partial charge in [0.15, 0.2) is 6.79 Å². The normalized spacial score (nSPS) is 14.3. The minimum absolute atomic E-state index is 0.0794. The minimum Gasteiger partial charge on any atom is -0.494 e. The molecule has 0 fully saturated rings. The van der Waals surface area contributed by atoms with Gasteiger partial charge in [-0.2, -0.15) is 0 Å². The summed E-state index contributed by atoms with van der Waals surface area (Å²) < 4.78 is 21.7. The number of halogens is 1. The topological polar surface area (TPSA) is 91.4 Å². The molecular weight excluding hydrogens is 474 g/mol. The highest BCUT2D eigenvalue weighted by Gasteiger charge is 2.37. The molecule has 5 rings (SSSR count). The number of esters is 1. The third-order valence-electron chi connectivity index (χ3n) is 5.64. The third kappa shape index (κ3) is 4.34. The molecule has 0 radical (unpaired) electrons. The Morgan fingerprint density at radius 2 is 1.80 bits per heavy atom. The van der Waals surface area contributed by atoms with Gasteiger partial charge < -0.3 is 18.9 Å². The molecule has 0 saturated heterocycles. The van der Waals surface area contributed by atoms with Crippen molar-refractivity contribution in [2.45, 2.75) is 20.1 Å². The van der Waals surface area contributed by atoms with Crippen LogP contribution in [0, 0.1) is 0 Å². The number of carbonyl (C=O) groups excluding carboxylic acids is 3. The van der Waals surface area contributed by atoms with Crippen LogP contribution in [0.15, 0.2) is 54.6 Å². The van der Waals surface area contributed by atoms with E-state index in [1.807, 2.05) is 6.92 Å². The summed E-state index contributed by atoms with van der Waals surface area (Å²) in [5.74, 6) is -0.403. The van der Waals surface area contributed by atoms with Crippen molar-refractivity contribution in [3.05, 3.63) is 87.4 Å². The summed E-state index contributed by atoms with van der Waals surface area (Å²) in [5.41, 5.74) is 2.30. The molecule has 2 aliphatic heterocycles. The van der Waals surface area contributed by atoms with Gasteiger partial charge in [0.2, 0.25) is 0 Å². The van der Waals surface area contributed by atoms with E-state index in [4.69, 9.17) is 30.5 Å². The van der Waals surface area contributed by atoms with E-state index in [2.05, 4.69) is 0 Å². The number of nitrogens with zero attached hydrogens (tertiary/aromatic N) is 1. The molecule has 2 heterocycles. The van der Waals surface area contributed by atoms with Crippen molar-refractivity contribution in [1.29, 1.82) is 0 Å². The second-order valence-electron chi connectivity index (χ2n) is 7.87. The van der Waals surface area contributed by atoms with Crippen LogP contribution in [0.2, 0.25) is 5.02 Å². The quantitative estimate of drug-likeness (QED) is 0.361. The van der Waals surface area contributed by atoms with E-state index in [1.165, 1.54) is 18.2 Å². The molecule has 0 saturated carbocycles. The predicted octanol–water partition coefficient (Wildman–Crippen LogP) is 4.76. The first-order valence-electron chi connectivity index (χ1n) is 10.9. The average molecular weight is 494 g/mol. The van der Waals surface area contributed by atoms with Crippen molar-refractivity contribution in [3.8, 4) is 11.5 Å². The Kier molecular flexibility index (Phi) is 6.15. The highest BCUT2D eigenvalue weighted by molar-refractivity contribution is 6.34. The first-order valence-corrected chi connectivity index (χ1v) is 11.3. The zero-order valence-electron chi connectivity index (χ0n) is 18.7. The fourth-order valence-electron chi connectivity index (χ4n) is 4.05. The van der Waals surface area contributed by atoms with Crippen molar-refractivity contribution in [2.24, 2.45) is 0 Å². The Hall–Kier alpha value is -3.88. The van der Waals surface area contributed by atoms with E-state index < -0.39 is 17.8 Å². The summed E-state index contributed by atoms with van der Waals surface area (Å²) in [7, 11) is 0. The summed E-state index contributed by atoms with van der Waals surface area (Å²) in [5, 5.41) is 0.472. The van der Waals surface area contributed by atoms with Crippen LogP contribution >= 0.6 is 11.6 Å². The molecule has 0 aliphatic carbocycles. The van der Waals surface area contributed by atoms with Crippen LogP contribution in [0.5, 0.6) is 11.5 Å². The van der Waals surface area contributed by atoms with Crippen LogP contribution < -0.4 is 14.4 Å². The van der Waals surface area contributed by atoms with Crippen LogP contribution in [0.25, 0.3) is 0 Å². The predicted molar refractivity (Wildman–Crippen MR) is 126 cm³/mol. The molecule has 0 spiro atoms. The molecule has 0 atom stereocenters. The summed E-state index contributed by atoms with van der Waals surface area (Å²) in [6, 6.07) is 14.4. The van der Waals surface area contributed by atoms with E-state index >= 15 is 0 Å². The second-order valence-corrected chi connectivity index (χ2v) is 8.31. The molecule has 9 heteroatoms. The molecular formula is C26H20ClNO7. The molecule has 3 aromatic rings. The number of benzene rings is 3. The Balaban J connectivity index is 1.34. The number of carbonyl (C=O) groups is 3. The lowest BCUT2D eigenvalue weighted by molar-refractivity contribution is -0.0180. The zero-order valence-corrected chi connectivity index (χ0v) is 19.5. The van der Waals surface area contributed by atoms with Crippen LogP contribution in [0.1, 0.15) is 49.1 Å².